The number of nitrogens with zero attached hydrogens (tertiary/aromatic N) is 4. The zero-order valence-electron chi connectivity index (χ0n) is 15.7. The molecule has 0 atom stereocenters. The van der Waals surface area contributed by atoms with Crippen LogP contribution < -0.4 is 0 Å². The van der Waals surface area contributed by atoms with Crippen molar-refractivity contribution < 1.29 is 0 Å². The van der Waals surface area contributed by atoms with E-state index < -0.39 is 0 Å². The van der Waals surface area contributed by atoms with Gasteiger partial charge in [0.25, 0.3) is 0 Å². The average Bonchev–Trinajstić information content (AvgIpc) is 2.96. The highest BCUT2D eigenvalue weighted by Gasteiger charge is 2.19. The number of hydrogen-bond donors (Lipinski definition) is 0. The van der Waals surface area contributed by atoms with E-state index in [0.29, 0.717) is 0 Å². The molecule has 0 saturated carbocycles. The van der Waals surface area contributed by atoms with E-state index in [1.807, 2.05) is 43.0 Å². The molecule has 3 aromatic rings. The van der Waals surface area contributed by atoms with Gasteiger partial charge in [0.2, 0.25) is 0 Å². The van der Waals surface area contributed by atoms with E-state index in [1.165, 1.54) is 0 Å². The molecule has 132 valence electrons. The summed E-state index contributed by atoms with van der Waals surface area (Å²) in [5, 5.41) is 4.80. The van der Waals surface area contributed by atoms with Gasteiger partial charge in [-0.3, -0.25) is 9.97 Å². The Bertz CT molecular complexity index is 976. The Kier molecular flexibility index (Phi) is 5.12. The van der Waals surface area contributed by atoms with Gasteiger partial charge in [-0.1, -0.05) is 64.1 Å². The first kappa shape index (κ1) is 17.8. The number of aromatic nitrogens is 4. The summed E-state index contributed by atoms with van der Waals surface area (Å²) in [5.74, 6) is 0. The van der Waals surface area contributed by atoms with Gasteiger partial charge in [-0.15, -0.1) is 0 Å². The molecule has 0 aromatic carbocycles. The molecule has 3 aromatic heterocycles. The third kappa shape index (κ3) is 3.49. The van der Waals surface area contributed by atoms with E-state index in [9.17, 15) is 0 Å². The Hall–Kier alpha value is -3.01. The van der Waals surface area contributed by atoms with Gasteiger partial charge in [0.1, 0.15) is 5.69 Å². The highest BCUT2D eigenvalue weighted by molar-refractivity contribution is 5.92. The van der Waals surface area contributed by atoms with Gasteiger partial charge in [-0.05, 0) is 6.07 Å². The van der Waals surface area contributed by atoms with E-state index in [1.54, 1.807) is 12.4 Å². The van der Waals surface area contributed by atoms with Crippen molar-refractivity contribution >= 4 is 11.1 Å². The van der Waals surface area contributed by atoms with Crippen molar-refractivity contribution in [3.05, 3.63) is 79.2 Å². The van der Waals surface area contributed by atoms with Crippen LogP contribution in [0.25, 0.3) is 22.2 Å². The SMILES string of the molecule is CC.CC1(C)C=CC=C(c2nn3ccncc3c2-c2cccnc2)C=C1. The Labute approximate surface area is 154 Å². The Morgan fingerprint density at radius 1 is 1.00 bits per heavy atom. The molecule has 4 heteroatoms. The number of fused-ring (bicyclic) bond motifs is 1. The third-order valence-electron chi connectivity index (χ3n) is 4.16. The summed E-state index contributed by atoms with van der Waals surface area (Å²) in [4.78, 5) is 8.53. The molecule has 0 saturated heterocycles. The van der Waals surface area contributed by atoms with E-state index in [0.717, 1.165) is 27.9 Å². The highest BCUT2D eigenvalue weighted by atomic mass is 15.2. The number of pyridine rings is 1. The normalized spacial score (nSPS) is 15.2. The largest absolute Gasteiger partial charge is 0.264 e. The van der Waals surface area contributed by atoms with Crippen LogP contribution in [0.5, 0.6) is 0 Å². The van der Waals surface area contributed by atoms with Crippen molar-refractivity contribution in [2.45, 2.75) is 27.7 Å². The molecule has 0 fully saturated rings. The minimum Gasteiger partial charge on any atom is -0.264 e. The second kappa shape index (κ2) is 7.48. The van der Waals surface area contributed by atoms with Crippen molar-refractivity contribution in [3.8, 4) is 11.1 Å². The first-order chi connectivity index (χ1) is 12.6. The lowest BCUT2D eigenvalue weighted by Gasteiger charge is -2.12. The predicted octanol–water partition coefficient (Wildman–Crippen LogP) is 5.35. The zero-order chi connectivity index (χ0) is 18.6. The van der Waals surface area contributed by atoms with Gasteiger partial charge in [0.15, 0.2) is 0 Å². The number of hydrogen-bond acceptors (Lipinski definition) is 3. The van der Waals surface area contributed by atoms with Gasteiger partial charge >= 0.3 is 0 Å². The van der Waals surface area contributed by atoms with Crippen LogP contribution in [0.15, 0.2) is 73.5 Å². The Morgan fingerprint density at radius 3 is 2.58 bits per heavy atom. The second-order valence-electron chi connectivity index (χ2n) is 6.51. The van der Waals surface area contributed by atoms with Crippen molar-refractivity contribution in [1.29, 1.82) is 0 Å². The first-order valence-corrected chi connectivity index (χ1v) is 8.96. The molecule has 0 radical (unpaired) electrons. The Morgan fingerprint density at radius 2 is 1.81 bits per heavy atom. The molecule has 4 rings (SSSR count). The van der Waals surface area contributed by atoms with Crippen molar-refractivity contribution in [1.82, 2.24) is 19.6 Å². The van der Waals surface area contributed by atoms with Crippen LogP contribution >= 0.6 is 0 Å². The van der Waals surface area contributed by atoms with Crippen LogP contribution in [0.1, 0.15) is 33.4 Å². The van der Waals surface area contributed by atoms with E-state index in [4.69, 9.17) is 5.10 Å². The minimum absolute atomic E-state index is 0.0351. The lowest BCUT2D eigenvalue weighted by Crippen LogP contribution is -2.00. The second-order valence-corrected chi connectivity index (χ2v) is 6.51. The molecule has 0 N–H and O–H groups in total. The highest BCUT2D eigenvalue weighted by Crippen LogP contribution is 2.34. The van der Waals surface area contributed by atoms with Gasteiger partial charge in [0, 0.05) is 46.9 Å². The van der Waals surface area contributed by atoms with Crippen LogP contribution in [0.2, 0.25) is 0 Å². The van der Waals surface area contributed by atoms with Crippen LogP contribution in [0, 0.1) is 5.41 Å². The molecule has 4 nitrogen and oxygen atoms in total. The Balaban J connectivity index is 0.000000948. The maximum absolute atomic E-state index is 4.80. The smallest absolute Gasteiger partial charge is 0.101 e. The maximum atomic E-state index is 4.80. The topological polar surface area (TPSA) is 43.1 Å². The van der Waals surface area contributed by atoms with Crippen molar-refractivity contribution in [2.24, 2.45) is 5.41 Å². The summed E-state index contributed by atoms with van der Waals surface area (Å²) >= 11 is 0. The van der Waals surface area contributed by atoms with E-state index in [2.05, 4.69) is 60.3 Å². The monoisotopic (exact) mass is 344 g/mol. The van der Waals surface area contributed by atoms with Gasteiger partial charge in [0.05, 0.1) is 11.7 Å². The van der Waals surface area contributed by atoms with Gasteiger partial charge in [-0.25, -0.2) is 4.52 Å². The average molecular weight is 344 g/mol. The summed E-state index contributed by atoms with van der Waals surface area (Å²) < 4.78 is 1.87. The summed E-state index contributed by atoms with van der Waals surface area (Å²) in [6.07, 6.45) is 19.9. The molecule has 0 bridgehead atoms. The molecule has 3 heterocycles. The standard InChI is InChI=1S/C20H18N4.C2H6/c1-20(2)8-3-5-15(7-9-20)19-18(16-6-4-10-21-13-16)17-14-22-11-12-24(17)23-19;1-2/h3-14H,1-2H3;1-2H3. The fourth-order valence-electron chi connectivity index (χ4n) is 2.87. The van der Waals surface area contributed by atoms with E-state index in [-0.39, 0.29) is 5.41 Å². The summed E-state index contributed by atoms with van der Waals surface area (Å²) in [6, 6.07) is 4.00. The molecule has 26 heavy (non-hydrogen) atoms. The molecule has 0 unspecified atom stereocenters. The third-order valence-corrected chi connectivity index (χ3v) is 4.16. The summed E-state index contributed by atoms with van der Waals surface area (Å²) in [5.41, 5.74) is 5.13. The molecule has 1 aliphatic rings. The van der Waals surface area contributed by atoms with Crippen LogP contribution in [0.4, 0.5) is 0 Å². The van der Waals surface area contributed by atoms with Crippen molar-refractivity contribution in [2.75, 3.05) is 0 Å². The van der Waals surface area contributed by atoms with Crippen LogP contribution in [0.3, 0.4) is 0 Å². The quantitative estimate of drug-likeness (QED) is 0.629. The van der Waals surface area contributed by atoms with Crippen LogP contribution in [-0.2, 0) is 0 Å². The number of rotatable bonds is 2. The zero-order valence-corrected chi connectivity index (χ0v) is 15.7. The molecule has 0 spiro atoms. The lowest BCUT2D eigenvalue weighted by molar-refractivity contribution is 0.627. The van der Waals surface area contributed by atoms with Gasteiger partial charge in [-0.2, -0.15) is 5.10 Å². The van der Waals surface area contributed by atoms with Gasteiger partial charge < -0.3 is 0 Å². The summed E-state index contributed by atoms with van der Waals surface area (Å²) in [6.45, 7) is 8.37. The lowest BCUT2D eigenvalue weighted by atomic mass is 9.93. The molecule has 0 aliphatic heterocycles. The molecular formula is C22H24N4. The fourth-order valence-corrected chi connectivity index (χ4v) is 2.87. The van der Waals surface area contributed by atoms with Crippen LogP contribution in [-0.4, -0.2) is 19.6 Å². The molecule has 1 aliphatic carbocycles. The van der Waals surface area contributed by atoms with Crippen molar-refractivity contribution in [3.63, 3.8) is 0 Å². The molecular weight excluding hydrogens is 320 g/mol. The first-order valence-electron chi connectivity index (χ1n) is 8.96. The minimum atomic E-state index is 0.0351. The fraction of sp³-hybridized carbons (Fsp3) is 0.227. The predicted molar refractivity (Wildman–Crippen MR) is 108 cm³/mol. The van der Waals surface area contributed by atoms with E-state index >= 15 is 0 Å². The number of allylic oxidation sites excluding steroid dienone is 6. The molecule has 0 amide bonds. The summed E-state index contributed by atoms with van der Waals surface area (Å²) in [7, 11) is 0. The maximum Gasteiger partial charge on any atom is 0.101 e.